The maximum absolute atomic E-state index is 14.1. The number of carbonyl (C=O) groups is 1. The predicted octanol–water partition coefficient (Wildman–Crippen LogP) is 7.55. The average Bonchev–Trinajstić information content (AvgIpc) is 2.80. The van der Waals surface area contributed by atoms with Crippen LogP contribution in [0.5, 0.6) is 11.5 Å². The summed E-state index contributed by atoms with van der Waals surface area (Å²) in [6, 6.07) is 3.16. The second kappa shape index (κ2) is 11.0. The number of hydrogen-bond acceptors (Lipinski definition) is 3. The van der Waals surface area contributed by atoms with E-state index >= 15 is 0 Å². The van der Waals surface area contributed by atoms with Crippen molar-refractivity contribution in [3.05, 3.63) is 36.2 Å². The highest BCUT2D eigenvalue weighted by molar-refractivity contribution is 5.75. The molecule has 0 amide bonds. The Morgan fingerprint density at radius 1 is 0.939 bits per heavy atom. The number of ether oxygens (including phenoxy) is 2. The molecule has 4 rings (SSSR count). The van der Waals surface area contributed by atoms with Crippen LogP contribution in [0, 0.1) is 41.3 Å². The Hall–Kier alpha value is -1.98. The van der Waals surface area contributed by atoms with Gasteiger partial charge in [-0.1, -0.05) is 12.2 Å². The average molecular weight is 465 g/mol. The monoisotopic (exact) mass is 464 g/mol. The summed E-state index contributed by atoms with van der Waals surface area (Å²) in [4.78, 5) is 12.6. The van der Waals surface area contributed by atoms with Crippen molar-refractivity contribution in [1.29, 1.82) is 0 Å². The largest absolute Gasteiger partial charge is 0.435 e. The zero-order valence-corrected chi connectivity index (χ0v) is 19.4. The van der Waals surface area contributed by atoms with Gasteiger partial charge in [0.05, 0.1) is 5.92 Å². The van der Waals surface area contributed by atoms with Crippen LogP contribution in [-0.4, -0.2) is 12.6 Å². The molecule has 3 fully saturated rings. The number of alkyl halides is 2. The number of esters is 1. The van der Waals surface area contributed by atoms with Crippen molar-refractivity contribution in [2.24, 2.45) is 35.5 Å². The molecule has 4 unspecified atom stereocenters. The van der Waals surface area contributed by atoms with E-state index in [1.807, 2.05) is 0 Å². The molecule has 3 nitrogen and oxygen atoms in total. The Labute approximate surface area is 194 Å². The van der Waals surface area contributed by atoms with Crippen LogP contribution in [0.15, 0.2) is 30.4 Å². The molecule has 0 N–H and O–H groups in total. The Kier molecular flexibility index (Phi) is 8.02. The lowest BCUT2D eigenvalue weighted by atomic mass is 9.61. The van der Waals surface area contributed by atoms with Crippen LogP contribution in [0.4, 0.5) is 13.2 Å². The fraction of sp³-hybridized carbons (Fsp3) is 0.667. The smallest absolute Gasteiger partial charge is 0.387 e. The first kappa shape index (κ1) is 24.2. The lowest BCUT2D eigenvalue weighted by Gasteiger charge is -2.45. The third kappa shape index (κ3) is 6.13. The molecule has 0 heterocycles. The highest BCUT2D eigenvalue weighted by Crippen LogP contribution is 2.49. The van der Waals surface area contributed by atoms with Gasteiger partial charge in [0.1, 0.15) is 5.75 Å². The normalized spacial score (nSPS) is 32.5. The standard InChI is InChI=1S/C27H35F3O3/c1-2-3-17-4-5-22-15-21(11-10-20(22)14-17)18-6-8-19(9-7-18)26(31)33-25-13-12-23(16-24(25)28)32-27(29)30/h2-3,12-13,16-22,27H,4-11,14-15H2,1H3/b3-2+. The Bertz CT molecular complexity index is 832. The van der Waals surface area contributed by atoms with E-state index in [2.05, 4.69) is 23.8 Å². The van der Waals surface area contributed by atoms with E-state index in [0.29, 0.717) is 5.92 Å². The van der Waals surface area contributed by atoms with Crippen LogP contribution in [0.1, 0.15) is 71.1 Å². The lowest BCUT2D eigenvalue weighted by molar-refractivity contribution is -0.140. The van der Waals surface area contributed by atoms with Crippen molar-refractivity contribution < 1.29 is 27.4 Å². The molecule has 0 saturated heterocycles. The predicted molar refractivity (Wildman–Crippen MR) is 121 cm³/mol. The number of hydrogen-bond donors (Lipinski definition) is 0. The molecule has 182 valence electrons. The van der Waals surface area contributed by atoms with Gasteiger partial charge in [-0.15, -0.1) is 0 Å². The molecule has 33 heavy (non-hydrogen) atoms. The Morgan fingerprint density at radius 2 is 1.58 bits per heavy atom. The SMILES string of the molecule is C/C=C/C1CCC2CC(C3CCC(C(=O)Oc4ccc(OC(F)F)cc4F)CC3)CCC2C1. The van der Waals surface area contributed by atoms with E-state index in [1.165, 1.54) is 50.7 Å². The van der Waals surface area contributed by atoms with Crippen LogP contribution in [0.25, 0.3) is 0 Å². The van der Waals surface area contributed by atoms with Crippen molar-refractivity contribution in [1.82, 2.24) is 0 Å². The zero-order valence-electron chi connectivity index (χ0n) is 19.4. The summed E-state index contributed by atoms with van der Waals surface area (Å²) in [6.45, 7) is -0.913. The van der Waals surface area contributed by atoms with E-state index in [0.717, 1.165) is 55.4 Å². The minimum atomic E-state index is -3.03. The first-order valence-corrected chi connectivity index (χ1v) is 12.5. The van der Waals surface area contributed by atoms with Crippen molar-refractivity contribution in [2.45, 2.75) is 77.7 Å². The van der Waals surface area contributed by atoms with Crippen molar-refractivity contribution >= 4 is 5.97 Å². The summed E-state index contributed by atoms with van der Waals surface area (Å²) in [6.07, 6.45) is 16.2. The molecular formula is C27H35F3O3. The minimum absolute atomic E-state index is 0.231. The molecule has 3 aliphatic rings. The maximum atomic E-state index is 14.1. The molecule has 3 aliphatic carbocycles. The van der Waals surface area contributed by atoms with Gasteiger partial charge in [-0.3, -0.25) is 4.79 Å². The highest BCUT2D eigenvalue weighted by Gasteiger charge is 2.39. The molecule has 3 saturated carbocycles. The minimum Gasteiger partial charge on any atom is -0.435 e. The summed E-state index contributed by atoms with van der Waals surface area (Å²) in [5.41, 5.74) is 0. The molecule has 0 radical (unpaired) electrons. The molecule has 0 spiro atoms. The third-order valence-electron chi connectivity index (χ3n) is 8.27. The Balaban J connectivity index is 1.24. The maximum Gasteiger partial charge on any atom is 0.387 e. The number of carbonyl (C=O) groups excluding carboxylic acids is 1. The number of halogens is 3. The molecular weight excluding hydrogens is 429 g/mol. The van der Waals surface area contributed by atoms with Crippen LogP contribution in [-0.2, 0) is 4.79 Å². The number of allylic oxidation sites excluding steroid dienone is 2. The molecule has 0 bridgehead atoms. The van der Waals surface area contributed by atoms with Crippen LogP contribution >= 0.6 is 0 Å². The zero-order chi connectivity index (χ0) is 23.4. The van der Waals surface area contributed by atoms with Gasteiger partial charge in [-0.2, -0.15) is 8.78 Å². The molecule has 0 aromatic heterocycles. The van der Waals surface area contributed by atoms with Gasteiger partial charge in [0.15, 0.2) is 11.6 Å². The van der Waals surface area contributed by atoms with E-state index in [9.17, 15) is 18.0 Å². The van der Waals surface area contributed by atoms with Gasteiger partial charge in [-0.05, 0) is 113 Å². The van der Waals surface area contributed by atoms with Crippen molar-refractivity contribution in [2.75, 3.05) is 0 Å². The third-order valence-corrected chi connectivity index (χ3v) is 8.27. The highest BCUT2D eigenvalue weighted by atomic mass is 19.3. The van der Waals surface area contributed by atoms with Crippen LogP contribution < -0.4 is 9.47 Å². The van der Waals surface area contributed by atoms with Crippen molar-refractivity contribution in [3.63, 3.8) is 0 Å². The molecule has 1 aromatic rings. The summed E-state index contributed by atoms with van der Waals surface area (Å²) >= 11 is 0. The topological polar surface area (TPSA) is 35.5 Å². The van der Waals surface area contributed by atoms with Gasteiger partial charge in [-0.25, -0.2) is 4.39 Å². The second-order valence-electron chi connectivity index (χ2n) is 10.2. The van der Waals surface area contributed by atoms with Gasteiger partial charge in [0, 0.05) is 6.07 Å². The quantitative estimate of drug-likeness (QED) is 0.248. The number of rotatable bonds is 6. The van der Waals surface area contributed by atoms with Crippen LogP contribution in [0.2, 0.25) is 0 Å². The molecule has 0 aliphatic heterocycles. The molecule has 1 aromatic carbocycles. The Morgan fingerprint density at radius 3 is 2.24 bits per heavy atom. The fourth-order valence-corrected chi connectivity index (χ4v) is 6.60. The van der Waals surface area contributed by atoms with Crippen molar-refractivity contribution in [3.8, 4) is 11.5 Å². The van der Waals surface area contributed by atoms with Gasteiger partial charge in [0.2, 0.25) is 0 Å². The van der Waals surface area contributed by atoms with Gasteiger partial charge in [0.25, 0.3) is 0 Å². The first-order chi connectivity index (χ1) is 15.9. The first-order valence-electron chi connectivity index (χ1n) is 12.5. The van der Waals surface area contributed by atoms with Crippen LogP contribution in [0.3, 0.4) is 0 Å². The molecule has 6 heteroatoms. The number of benzene rings is 1. The van der Waals surface area contributed by atoms with E-state index in [1.54, 1.807) is 0 Å². The van der Waals surface area contributed by atoms with Gasteiger partial charge < -0.3 is 9.47 Å². The summed E-state index contributed by atoms with van der Waals surface area (Å²) in [5, 5.41) is 0. The van der Waals surface area contributed by atoms with E-state index in [-0.39, 0.29) is 17.4 Å². The number of fused-ring (bicyclic) bond motifs is 1. The van der Waals surface area contributed by atoms with E-state index in [4.69, 9.17) is 4.74 Å². The lowest BCUT2D eigenvalue weighted by Crippen LogP contribution is -2.35. The van der Waals surface area contributed by atoms with E-state index < -0.39 is 18.4 Å². The fourth-order valence-electron chi connectivity index (χ4n) is 6.60. The second-order valence-corrected chi connectivity index (χ2v) is 10.2. The molecule has 4 atom stereocenters. The summed E-state index contributed by atoms with van der Waals surface area (Å²) in [7, 11) is 0. The van der Waals surface area contributed by atoms with Gasteiger partial charge >= 0.3 is 12.6 Å². The summed E-state index contributed by atoms with van der Waals surface area (Å²) in [5.74, 6) is 1.88. The summed E-state index contributed by atoms with van der Waals surface area (Å²) < 4.78 is 48.1.